The van der Waals surface area contributed by atoms with Gasteiger partial charge >= 0.3 is 0 Å². The van der Waals surface area contributed by atoms with Crippen molar-refractivity contribution in [1.82, 2.24) is 10.2 Å². The Kier molecular flexibility index (Phi) is 8.13. The van der Waals surface area contributed by atoms with E-state index in [2.05, 4.69) is 5.32 Å². The van der Waals surface area contributed by atoms with E-state index in [0.29, 0.717) is 17.4 Å². The van der Waals surface area contributed by atoms with Gasteiger partial charge in [0.25, 0.3) is 0 Å². The van der Waals surface area contributed by atoms with Crippen LogP contribution in [0.25, 0.3) is 0 Å². The Bertz CT molecular complexity index is 1260. The highest BCUT2D eigenvalue weighted by molar-refractivity contribution is 5.96. The van der Waals surface area contributed by atoms with E-state index < -0.39 is 41.8 Å². The molecule has 1 aliphatic carbocycles. The molecule has 10 heteroatoms. The highest BCUT2D eigenvalue weighted by Crippen LogP contribution is 2.51. The molecule has 1 heterocycles. The molecule has 0 radical (unpaired) electrons. The molecule has 0 bridgehead atoms. The predicted octanol–water partition coefficient (Wildman–Crippen LogP) is 1.95. The van der Waals surface area contributed by atoms with Gasteiger partial charge in [0, 0.05) is 41.3 Å². The number of aliphatic hydroxyl groups is 2. The van der Waals surface area contributed by atoms with Gasteiger partial charge in [0.2, 0.25) is 11.8 Å². The predicted molar refractivity (Wildman–Crippen MR) is 135 cm³/mol. The van der Waals surface area contributed by atoms with Crippen LogP contribution in [0.1, 0.15) is 41.3 Å². The Hall–Kier alpha value is -3.76. The van der Waals surface area contributed by atoms with Crippen LogP contribution in [0, 0.1) is 11.7 Å². The number of aliphatic hydroxyl groups excluding tert-OH is 2. The number of methoxy groups -OCH3 is 1. The minimum absolute atomic E-state index is 0.0178. The van der Waals surface area contributed by atoms with E-state index in [1.54, 1.807) is 38.1 Å². The summed E-state index contributed by atoms with van der Waals surface area (Å²) in [7, 11) is 1.41. The molecule has 2 amide bonds. The normalized spacial score (nSPS) is 21.6. The zero-order chi connectivity index (χ0) is 27.6. The van der Waals surface area contributed by atoms with Gasteiger partial charge in [0.05, 0.1) is 25.7 Å². The average molecular weight is 527 g/mol. The maximum atomic E-state index is 14.6. The van der Waals surface area contributed by atoms with Crippen LogP contribution in [-0.2, 0) is 16.1 Å². The fraction of sp³-hybridized carbons (Fsp3) is 0.393. The number of halogens is 1. The molecular formula is C28H31FN2O7. The summed E-state index contributed by atoms with van der Waals surface area (Å²) < 4.78 is 26.2. The number of hydrogen-bond donors (Lipinski definition) is 3. The van der Waals surface area contributed by atoms with Gasteiger partial charge in [-0.05, 0) is 24.3 Å². The summed E-state index contributed by atoms with van der Waals surface area (Å²) in [6, 6.07) is 8.08. The van der Waals surface area contributed by atoms with Crippen LogP contribution < -0.4 is 14.8 Å². The lowest BCUT2D eigenvalue weighted by Crippen LogP contribution is -2.56. The molecule has 0 aromatic heterocycles. The molecule has 38 heavy (non-hydrogen) atoms. The largest absolute Gasteiger partial charge is 0.493 e. The Morgan fingerprint density at radius 2 is 2.00 bits per heavy atom. The number of rotatable bonds is 9. The van der Waals surface area contributed by atoms with E-state index in [0.717, 1.165) is 0 Å². The zero-order valence-electron chi connectivity index (χ0n) is 21.4. The van der Waals surface area contributed by atoms with E-state index >= 15 is 0 Å². The summed E-state index contributed by atoms with van der Waals surface area (Å²) in [6.45, 7) is 2.94. The van der Waals surface area contributed by atoms with Crippen LogP contribution in [0.4, 0.5) is 4.39 Å². The minimum atomic E-state index is -1.30. The number of benzene rings is 2. The van der Waals surface area contributed by atoms with Crippen molar-refractivity contribution in [3.63, 3.8) is 0 Å². The number of carbonyl (C=O) groups is 3. The van der Waals surface area contributed by atoms with Crippen LogP contribution in [0.3, 0.4) is 0 Å². The van der Waals surface area contributed by atoms with Gasteiger partial charge in [-0.3, -0.25) is 14.4 Å². The second kappa shape index (κ2) is 11.3. The van der Waals surface area contributed by atoms with Crippen LogP contribution >= 0.6 is 0 Å². The van der Waals surface area contributed by atoms with Crippen molar-refractivity contribution in [3.8, 4) is 11.5 Å². The van der Waals surface area contributed by atoms with Gasteiger partial charge in [-0.1, -0.05) is 32.0 Å². The highest BCUT2D eigenvalue weighted by Gasteiger charge is 2.51. The summed E-state index contributed by atoms with van der Waals surface area (Å²) in [5.74, 6) is -2.10. The second-order valence-corrected chi connectivity index (χ2v) is 9.61. The molecule has 0 saturated carbocycles. The number of fused-ring (bicyclic) bond motifs is 3. The summed E-state index contributed by atoms with van der Waals surface area (Å²) >= 11 is 0. The molecular weight excluding hydrogens is 495 g/mol. The second-order valence-electron chi connectivity index (χ2n) is 9.61. The van der Waals surface area contributed by atoms with E-state index in [1.165, 1.54) is 30.2 Å². The Balaban J connectivity index is 1.84. The van der Waals surface area contributed by atoms with E-state index in [-0.39, 0.29) is 48.2 Å². The van der Waals surface area contributed by atoms with E-state index in [1.807, 2.05) is 0 Å². The molecule has 9 nitrogen and oxygen atoms in total. The molecule has 4 unspecified atom stereocenters. The van der Waals surface area contributed by atoms with Crippen LogP contribution in [-0.4, -0.2) is 71.7 Å². The van der Waals surface area contributed by atoms with Gasteiger partial charge in [-0.2, -0.15) is 0 Å². The van der Waals surface area contributed by atoms with Crippen LogP contribution in [0.5, 0.6) is 11.5 Å². The van der Waals surface area contributed by atoms with Crippen molar-refractivity contribution in [1.29, 1.82) is 0 Å². The van der Waals surface area contributed by atoms with Crippen molar-refractivity contribution in [2.75, 3.05) is 20.3 Å². The maximum Gasteiger partial charge on any atom is 0.247 e. The number of carbonyl (C=O) groups excluding carboxylic acids is 3. The molecule has 3 N–H and O–H groups in total. The third kappa shape index (κ3) is 5.01. The van der Waals surface area contributed by atoms with Gasteiger partial charge < -0.3 is 29.9 Å². The maximum absolute atomic E-state index is 14.6. The fourth-order valence-electron chi connectivity index (χ4n) is 5.03. The average Bonchev–Trinajstić information content (AvgIpc) is 3.31. The first kappa shape index (κ1) is 27.3. The van der Waals surface area contributed by atoms with Crippen molar-refractivity contribution in [3.05, 3.63) is 70.6 Å². The van der Waals surface area contributed by atoms with E-state index in [9.17, 15) is 29.0 Å². The molecule has 4 atom stereocenters. The first-order valence-electron chi connectivity index (χ1n) is 12.4. The number of hydrogen-bond acceptors (Lipinski definition) is 7. The van der Waals surface area contributed by atoms with Crippen molar-refractivity contribution >= 4 is 18.1 Å². The molecule has 202 valence electrons. The molecule has 2 aliphatic rings. The van der Waals surface area contributed by atoms with Gasteiger partial charge in [0.1, 0.15) is 24.3 Å². The number of ether oxygens (including phenoxy) is 2. The molecule has 0 spiro atoms. The number of aldehydes is 1. The molecule has 2 aromatic rings. The molecule has 0 saturated heterocycles. The van der Waals surface area contributed by atoms with Gasteiger partial charge in [-0.25, -0.2) is 4.39 Å². The Labute approximate surface area is 219 Å². The van der Waals surface area contributed by atoms with Gasteiger partial charge in [-0.15, -0.1) is 0 Å². The first-order chi connectivity index (χ1) is 18.2. The summed E-state index contributed by atoms with van der Waals surface area (Å²) in [5.41, 5.74) is 1.23. The molecule has 0 fully saturated rings. The number of nitrogens with zero attached hydrogens (tertiary/aromatic N) is 1. The fourth-order valence-corrected chi connectivity index (χ4v) is 5.03. The lowest BCUT2D eigenvalue weighted by Gasteiger charge is -2.41. The first-order valence-corrected chi connectivity index (χ1v) is 12.4. The monoisotopic (exact) mass is 526 g/mol. The van der Waals surface area contributed by atoms with Crippen molar-refractivity contribution in [2.24, 2.45) is 5.92 Å². The third-order valence-electron chi connectivity index (χ3n) is 6.85. The lowest BCUT2D eigenvalue weighted by atomic mass is 9.77. The summed E-state index contributed by atoms with van der Waals surface area (Å²) in [4.78, 5) is 39.6. The van der Waals surface area contributed by atoms with E-state index in [4.69, 9.17) is 9.47 Å². The zero-order valence-corrected chi connectivity index (χ0v) is 21.4. The highest BCUT2D eigenvalue weighted by atomic mass is 19.1. The van der Waals surface area contributed by atoms with Crippen LogP contribution in [0.2, 0.25) is 0 Å². The minimum Gasteiger partial charge on any atom is -0.493 e. The van der Waals surface area contributed by atoms with Crippen molar-refractivity contribution in [2.45, 2.75) is 44.6 Å². The molecule has 2 aromatic carbocycles. The molecule has 1 aliphatic heterocycles. The summed E-state index contributed by atoms with van der Waals surface area (Å²) in [5, 5.41) is 23.5. The Morgan fingerprint density at radius 1 is 1.26 bits per heavy atom. The lowest BCUT2D eigenvalue weighted by molar-refractivity contribution is -0.141. The third-order valence-corrected chi connectivity index (χ3v) is 6.85. The van der Waals surface area contributed by atoms with Crippen molar-refractivity contribution < 1.29 is 38.5 Å². The quantitative estimate of drug-likeness (QED) is 0.427. The van der Waals surface area contributed by atoms with Gasteiger partial charge in [0.15, 0.2) is 11.5 Å². The number of amides is 2. The Morgan fingerprint density at radius 3 is 2.63 bits per heavy atom. The number of nitrogens with one attached hydrogen (secondary N) is 1. The summed E-state index contributed by atoms with van der Waals surface area (Å²) in [6.07, 6.45) is -0.169. The topological polar surface area (TPSA) is 125 Å². The van der Waals surface area contributed by atoms with Crippen LogP contribution in [0.15, 0.2) is 48.0 Å². The molecule has 4 rings (SSSR count). The smallest absolute Gasteiger partial charge is 0.247 e. The standard InChI is InChI=1S/C28H31FN2O7/c1-15(2)28(36)31(13-17-6-4-5-7-20(17)29)21-12-19(27(35)30-8-9-32)23-18-10-16(14-33)11-22(37-3)25(18)38-26(23)24(21)34/h4-7,10-12,14-15,21,23-24,26,32,34H,8-9,13H2,1-3H3,(H,30,35). The SMILES string of the molecule is COc1cc(C=O)cc2c1OC1C2C(C(=O)NCCO)=CC(N(Cc2ccccc2F)C(=O)C(C)C)C1O.